The number of aromatic nitrogens is 1. The average molecular weight is 337 g/mol. The van der Waals surface area contributed by atoms with Crippen molar-refractivity contribution >= 4 is 21.3 Å². The van der Waals surface area contributed by atoms with Crippen LogP contribution in [0.3, 0.4) is 0 Å². The third-order valence-corrected chi connectivity index (χ3v) is 6.36. The van der Waals surface area contributed by atoms with Crippen LogP contribution in [0.5, 0.6) is 5.75 Å². The van der Waals surface area contributed by atoms with Crippen LogP contribution in [0.15, 0.2) is 45.7 Å². The van der Waals surface area contributed by atoms with Crippen LogP contribution in [0.2, 0.25) is 5.15 Å². The highest BCUT2D eigenvalue weighted by Crippen LogP contribution is 2.35. The van der Waals surface area contributed by atoms with Gasteiger partial charge in [-0.2, -0.15) is 0 Å². The van der Waals surface area contributed by atoms with Gasteiger partial charge in [0.1, 0.15) is 22.4 Å². The van der Waals surface area contributed by atoms with Crippen molar-refractivity contribution in [3.8, 4) is 5.75 Å². The van der Waals surface area contributed by atoms with Crippen molar-refractivity contribution < 1.29 is 8.95 Å². The summed E-state index contributed by atoms with van der Waals surface area (Å²) in [6, 6.07) is 11.5. The van der Waals surface area contributed by atoms with Gasteiger partial charge in [-0.3, -0.25) is 0 Å². The molecule has 6 heteroatoms. The lowest BCUT2D eigenvalue weighted by Gasteiger charge is -2.22. The lowest BCUT2D eigenvalue weighted by Crippen LogP contribution is -2.19. The molecule has 0 radical (unpaired) electrons. The fourth-order valence-corrected chi connectivity index (χ4v) is 4.86. The lowest BCUT2D eigenvalue weighted by atomic mass is 10.2. The Kier molecular flexibility index (Phi) is 4.36. The van der Waals surface area contributed by atoms with Crippen LogP contribution in [-0.4, -0.2) is 22.0 Å². The summed E-state index contributed by atoms with van der Waals surface area (Å²) in [6.45, 7) is 0.396. The van der Waals surface area contributed by atoms with Crippen LogP contribution < -0.4 is 4.74 Å². The van der Waals surface area contributed by atoms with Crippen molar-refractivity contribution in [3.05, 3.63) is 52.8 Å². The first-order chi connectivity index (χ1) is 10.6. The second kappa shape index (κ2) is 6.26. The standard InChI is InChI=1S/C16H17ClN2O2S/c1-18-22(20)9-5-8-13-16(22)14(10-15(17)19-13)21-11-12-6-3-2-4-7-12/h2-4,6-7,10H,5,8-9,11H2,1H3. The molecule has 1 aromatic carbocycles. The third-order valence-electron chi connectivity index (χ3n) is 3.66. The highest BCUT2D eigenvalue weighted by molar-refractivity contribution is 7.93. The number of hydrogen-bond donors (Lipinski definition) is 0. The third kappa shape index (κ3) is 2.96. The minimum Gasteiger partial charge on any atom is -0.487 e. The molecule has 1 aliphatic heterocycles. The maximum absolute atomic E-state index is 13.0. The second-order valence-corrected chi connectivity index (χ2v) is 7.97. The zero-order chi connectivity index (χ0) is 15.6. The van der Waals surface area contributed by atoms with Crippen molar-refractivity contribution in [2.24, 2.45) is 4.36 Å². The number of rotatable bonds is 3. The monoisotopic (exact) mass is 336 g/mol. The van der Waals surface area contributed by atoms with E-state index >= 15 is 0 Å². The van der Waals surface area contributed by atoms with E-state index < -0.39 is 9.73 Å². The molecule has 0 aliphatic carbocycles. The maximum Gasteiger partial charge on any atom is 0.141 e. The fraction of sp³-hybridized carbons (Fsp3) is 0.312. The van der Waals surface area contributed by atoms with E-state index in [4.69, 9.17) is 16.3 Å². The van der Waals surface area contributed by atoms with Gasteiger partial charge in [0.05, 0.1) is 15.4 Å². The first kappa shape index (κ1) is 15.3. The van der Waals surface area contributed by atoms with Gasteiger partial charge in [-0.25, -0.2) is 13.6 Å². The summed E-state index contributed by atoms with van der Waals surface area (Å²) < 4.78 is 23.0. The van der Waals surface area contributed by atoms with Gasteiger partial charge in [-0.15, -0.1) is 0 Å². The second-order valence-electron chi connectivity index (χ2n) is 5.12. The minimum atomic E-state index is -2.46. The van der Waals surface area contributed by atoms with E-state index in [1.165, 1.54) is 0 Å². The van der Waals surface area contributed by atoms with Crippen molar-refractivity contribution in [1.82, 2.24) is 4.98 Å². The Labute approximate surface area is 135 Å². The molecular weight excluding hydrogens is 320 g/mol. The highest BCUT2D eigenvalue weighted by Gasteiger charge is 2.27. The minimum absolute atomic E-state index is 0.363. The largest absolute Gasteiger partial charge is 0.487 e. The molecule has 2 heterocycles. The number of fused-ring (bicyclic) bond motifs is 1. The number of ether oxygens (including phenoxy) is 1. The Hall–Kier alpha value is -1.59. The molecule has 1 atom stereocenters. The van der Waals surface area contributed by atoms with Crippen molar-refractivity contribution in [2.45, 2.75) is 24.3 Å². The van der Waals surface area contributed by atoms with Crippen molar-refractivity contribution in [2.75, 3.05) is 12.8 Å². The first-order valence-electron chi connectivity index (χ1n) is 7.11. The zero-order valence-electron chi connectivity index (χ0n) is 12.3. The number of benzene rings is 1. The SMILES string of the molecule is CN=S1(=O)CCCc2nc(Cl)cc(OCc3ccccc3)c21. The van der Waals surface area contributed by atoms with E-state index in [0.717, 1.165) is 24.1 Å². The van der Waals surface area contributed by atoms with Crippen molar-refractivity contribution in [3.63, 3.8) is 0 Å². The molecule has 3 rings (SSSR count). The summed E-state index contributed by atoms with van der Waals surface area (Å²) in [5.41, 5.74) is 1.79. The molecule has 0 amide bonds. The quantitative estimate of drug-likeness (QED) is 0.803. The molecule has 4 nitrogen and oxygen atoms in total. The summed E-state index contributed by atoms with van der Waals surface area (Å²) in [5.74, 6) is 1.08. The molecule has 0 spiro atoms. The summed E-state index contributed by atoms with van der Waals surface area (Å²) in [6.07, 6.45) is 1.55. The molecule has 0 saturated carbocycles. The molecule has 1 aliphatic rings. The molecule has 0 saturated heterocycles. The van der Waals surface area contributed by atoms with Gasteiger partial charge in [0.25, 0.3) is 0 Å². The summed E-state index contributed by atoms with van der Waals surface area (Å²) in [7, 11) is -0.870. The summed E-state index contributed by atoms with van der Waals surface area (Å²) in [4.78, 5) is 4.95. The van der Waals surface area contributed by atoms with Gasteiger partial charge >= 0.3 is 0 Å². The molecule has 1 aromatic heterocycles. The van der Waals surface area contributed by atoms with Crippen LogP contribution in [0.4, 0.5) is 0 Å². The van der Waals surface area contributed by atoms with Crippen molar-refractivity contribution in [1.29, 1.82) is 0 Å². The Morgan fingerprint density at radius 2 is 2.14 bits per heavy atom. The average Bonchev–Trinajstić information content (AvgIpc) is 2.53. The van der Waals surface area contributed by atoms with Crippen LogP contribution in [0, 0.1) is 0 Å². The lowest BCUT2D eigenvalue weighted by molar-refractivity contribution is 0.296. The number of hydrogen-bond acceptors (Lipinski definition) is 4. The molecule has 22 heavy (non-hydrogen) atoms. The zero-order valence-corrected chi connectivity index (χ0v) is 13.9. The van der Waals surface area contributed by atoms with E-state index in [1.54, 1.807) is 13.1 Å². The van der Waals surface area contributed by atoms with Crippen LogP contribution in [0.1, 0.15) is 17.7 Å². The molecule has 1 unspecified atom stereocenters. The summed E-state index contributed by atoms with van der Waals surface area (Å²) >= 11 is 6.09. The van der Waals surface area contributed by atoms with Gasteiger partial charge in [-0.1, -0.05) is 41.9 Å². The highest BCUT2D eigenvalue weighted by atomic mass is 35.5. The predicted octanol–water partition coefficient (Wildman–Crippen LogP) is 3.72. The Morgan fingerprint density at radius 1 is 1.36 bits per heavy atom. The summed E-state index contributed by atoms with van der Waals surface area (Å²) in [5, 5.41) is 0.363. The van der Waals surface area contributed by atoms with E-state index in [2.05, 4.69) is 9.35 Å². The number of aryl methyl sites for hydroxylation is 1. The number of nitrogens with zero attached hydrogens (tertiary/aromatic N) is 2. The van der Waals surface area contributed by atoms with Gasteiger partial charge in [0.15, 0.2) is 0 Å². The van der Waals surface area contributed by atoms with Gasteiger partial charge in [0, 0.05) is 18.9 Å². The number of pyridine rings is 1. The molecule has 2 aromatic rings. The molecule has 0 bridgehead atoms. The van der Waals surface area contributed by atoms with E-state index in [0.29, 0.717) is 28.2 Å². The molecule has 116 valence electrons. The topological polar surface area (TPSA) is 51.5 Å². The van der Waals surface area contributed by atoms with Crippen LogP contribution in [0.25, 0.3) is 0 Å². The Balaban J connectivity index is 2.01. The predicted molar refractivity (Wildman–Crippen MR) is 88.0 cm³/mol. The molecule has 0 N–H and O–H groups in total. The van der Waals surface area contributed by atoms with E-state index in [-0.39, 0.29) is 0 Å². The first-order valence-corrected chi connectivity index (χ1v) is 9.18. The van der Waals surface area contributed by atoms with E-state index in [9.17, 15) is 4.21 Å². The smallest absolute Gasteiger partial charge is 0.141 e. The van der Waals surface area contributed by atoms with Gasteiger partial charge < -0.3 is 4.74 Å². The number of halogens is 1. The fourth-order valence-electron chi connectivity index (χ4n) is 2.60. The molecular formula is C16H17ClN2O2S. The Morgan fingerprint density at radius 3 is 2.86 bits per heavy atom. The van der Waals surface area contributed by atoms with E-state index in [1.807, 2.05) is 30.3 Å². The van der Waals surface area contributed by atoms with Gasteiger partial charge in [0.2, 0.25) is 0 Å². The van der Waals surface area contributed by atoms with Crippen LogP contribution >= 0.6 is 11.6 Å². The Bertz CT molecular complexity index is 799. The normalized spacial score (nSPS) is 20.3. The molecule has 0 fully saturated rings. The van der Waals surface area contributed by atoms with Gasteiger partial charge in [-0.05, 0) is 18.4 Å². The maximum atomic E-state index is 13.0. The van der Waals surface area contributed by atoms with Crippen LogP contribution in [-0.2, 0) is 22.8 Å².